The van der Waals surface area contributed by atoms with Gasteiger partial charge in [-0.2, -0.15) is 0 Å². The van der Waals surface area contributed by atoms with E-state index in [1.165, 1.54) is 38.5 Å². The van der Waals surface area contributed by atoms with Crippen LogP contribution in [0.1, 0.15) is 81.0 Å². The molecule has 1 heterocycles. The van der Waals surface area contributed by atoms with Crippen LogP contribution in [0.4, 0.5) is 5.69 Å². The first-order valence-electron chi connectivity index (χ1n) is 10.4. The second kappa shape index (κ2) is 9.75. The van der Waals surface area contributed by atoms with Gasteiger partial charge < -0.3 is 10.2 Å². The average Bonchev–Trinajstić information content (AvgIpc) is 2.69. The van der Waals surface area contributed by atoms with Gasteiger partial charge in [-0.25, -0.2) is 0 Å². The Balaban J connectivity index is 1.52. The molecule has 0 radical (unpaired) electrons. The molecule has 1 aliphatic heterocycles. The number of amides is 2. The zero-order chi connectivity index (χ0) is 18.2. The zero-order valence-electron chi connectivity index (χ0n) is 15.8. The summed E-state index contributed by atoms with van der Waals surface area (Å²) >= 11 is 0. The molecule has 1 aromatic rings. The summed E-state index contributed by atoms with van der Waals surface area (Å²) in [5, 5.41) is 2.98. The molecule has 0 bridgehead atoms. The second-order valence-electron chi connectivity index (χ2n) is 7.84. The van der Waals surface area contributed by atoms with Gasteiger partial charge in [0.1, 0.15) is 0 Å². The summed E-state index contributed by atoms with van der Waals surface area (Å²) in [4.78, 5) is 27.1. The largest absolute Gasteiger partial charge is 0.339 e. The lowest BCUT2D eigenvalue weighted by Gasteiger charge is -2.27. The summed E-state index contributed by atoms with van der Waals surface area (Å²) in [5.41, 5.74) is 1.28. The van der Waals surface area contributed by atoms with E-state index in [1.54, 1.807) is 0 Å². The third-order valence-corrected chi connectivity index (χ3v) is 5.82. The van der Waals surface area contributed by atoms with Crippen molar-refractivity contribution in [2.75, 3.05) is 18.4 Å². The number of para-hydroxylation sites is 1. The van der Waals surface area contributed by atoms with Gasteiger partial charge in [-0.05, 0) is 50.2 Å². The van der Waals surface area contributed by atoms with Crippen LogP contribution >= 0.6 is 0 Å². The minimum atomic E-state index is 0.0275. The van der Waals surface area contributed by atoms with Crippen LogP contribution in [0.3, 0.4) is 0 Å². The molecule has 1 saturated heterocycles. The van der Waals surface area contributed by atoms with Gasteiger partial charge in [-0.1, -0.05) is 44.2 Å². The number of piperidine rings is 1. The Morgan fingerprint density at radius 2 is 1.65 bits per heavy atom. The van der Waals surface area contributed by atoms with Gasteiger partial charge in [-0.15, -0.1) is 0 Å². The van der Waals surface area contributed by atoms with Crippen molar-refractivity contribution >= 4 is 17.5 Å². The molecule has 26 heavy (non-hydrogen) atoms. The van der Waals surface area contributed by atoms with Crippen LogP contribution in [-0.2, 0) is 4.79 Å². The fourth-order valence-electron chi connectivity index (χ4n) is 4.29. The highest BCUT2D eigenvalue weighted by atomic mass is 16.2. The SMILES string of the molecule is O=C(CCCC1CCCCC1)Nc1ccccc1C(=O)N1CCCCC1. The van der Waals surface area contributed by atoms with E-state index in [4.69, 9.17) is 0 Å². The standard InChI is InChI=1S/C22H32N2O2/c25-21(15-9-12-18-10-3-1-4-11-18)23-20-14-6-5-13-19(20)22(26)24-16-7-2-8-17-24/h5-6,13-14,18H,1-4,7-12,15-17H2,(H,23,25). The third kappa shape index (κ3) is 5.33. The molecular weight excluding hydrogens is 324 g/mol. The first kappa shape index (κ1) is 18.9. The molecule has 0 atom stereocenters. The molecule has 3 rings (SSSR count). The lowest BCUT2D eigenvalue weighted by atomic mass is 9.86. The lowest BCUT2D eigenvalue weighted by Crippen LogP contribution is -2.36. The number of carbonyl (C=O) groups excluding carboxylic acids is 2. The Labute approximate surface area is 157 Å². The van der Waals surface area contributed by atoms with E-state index in [-0.39, 0.29) is 11.8 Å². The monoisotopic (exact) mass is 356 g/mol. The van der Waals surface area contributed by atoms with Crippen molar-refractivity contribution < 1.29 is 9.59 Å². The molecule has 4 nitrogen and oxygen atoms in total. The molecule has 1 aliphatic carbocycles. The number of likely N-dealkylation sites (tertiary alicyclic amines) is 1. The van der Waals surface area contributed by atoms with Crippen molar-refractivity contribution in [3.05, 3.63) is 29.8 Å². The number of nitrogens with zero attached hydrogens (tertiary/aromatic N) is 1. The summed E-state index contributed by atoms with van der Waals surface area (Å²) in [6, 6.07) is 7.42. The van der Waals surface area contributed by atoms with E-state index < -0.39 is 0 Å². The maximum atomic E-state index is 12.8. The summed E-state index contributed by atoms with van der Waals surface area (Å²) in [6.45, 7) is 1.64. The number of carbonyl (C=O) groups is 2. The predicted octanol–water partition coefficient (Wildman–Crippen LogP) is 5.00. The van der Waals surface area contributed by atoms with Crippen molar-refractivity contribution in [2.45, 2.75) is 70.6 Å². The first-order chi connectivity index (χ1) is 12.7. The molecule has 0 aromatic heterocycles. The molecular formula is C22H32N2O2. The minimum absolute atomic E-state index is 0.0275. The maximum Gasteiger partial charge on any atom is 0.255 e. The quantitative estimate of drug-likeness (QED) is 0.779. The van der Waals surface area contributed by atoms with E-state index in [0.29, 0.717) is 17.7 Å². The third-order valence-electron chi connectivity index (χ3n) is 5.82. The fraction of sp³-hybridized carbons (Fsp3) is 0.636. The van der Waals surface area contributed by atoms with E-state index in [0.717, 1.165) is 44.7 Å². The molecule has 2 aliphatic rings. The number of rotatable bonds is 6. The summed E-state index contributed by atoms with van der Waals surface area (Å²) in [6.07, 6.45) is 12.7. The summed E-state index contributed by atoms with van der Waals surface area (Å²) < 4.78 is 0. The normalized spacial score (nSPS) is 18.5. The molecule has 1 N–H and O–H groups in total. The highest BCUT2D eigenvalue weighted by molar-refractivity contribution is 6.03. The topological polar surface area (TPSA) is 49.4 Å². The van der Waals surface area contributed by atoms with Crippen LogP contribution in [0.2, 0.25) is 0 Å². The Bertz CT molecular complexity index is 602. The van der Waals surface area contributed by atoms with Gasteiger partial charge in [0.15, 0.2) is 0 Å². The summed E-state index contributed by atoms with van der Waals surface area (Å²) in [5.74, 6) is 0.882. The van der Waals surface area contributed by atoms with Crippen molar-refractivity contribution in [2.24, 2.45) is 5.92 Å². The van der Waals surface area contributed by atoms with Gasteiger partial charge in [0.2, 0.25) is 5.91 Å². The molecule has 0 spiro atoms. The predicted molar refractivity (Wildman–Crippen MR) is 105 cm³/mol. The molecule has 0 unspecified atom stereocenters. The van der Waals surface area contributed by atoms with Gasteiger partial charge in [0.05, 0.1) is 11.3 Å². The van der Waals surface area contributed by atoms with Crippen LogP contribution < -0.4 is 5.32 Å². The Hall–Kier alpha value is -1.84. The van der Waals surface area contributed by atoms with Gasteiger partial charge in [0.25, 0.3) is 5.91 Å². The number of nitrogens with one attached hydrogen (secondary N) is 1. The lowest BCUT2D eigenvalue weighted by molar-refractivity contribution is -0.116. The molecule has 2 amide bonds. The Kier molecular flexibility index (Phi) is 7.10. The van der Waals surface area contributed by atoms with Crippen LogP contribution in [0.5, 0.6) is 0 Å². The zero-order valence-corrected chi connectivity index (χ0v) is 15.8. The summed E-state index contributed by atoms with van der Waals surface area (Å²) in [7, 11) is 0. The fourth-order valence-corrected chi connectivity index (χ4v) is 4.29. The van der Waals surface area contributed by atoms with Gasteiger partial charge in [0, 0.05) is 19.5 Å². The van der Waals surface area contributed by atoms with E-state index >= 15 is 0 Å². The van der Waals surface area contributed by atoms with Crippen LogP contribution in [0, 0.1) is 5.92 Å². The van der Waals surface area contributed by atoms with Crippen molar-refractivity contribution in [1.82, 2.24) is 4.90 Å². The van der Waals surface area contributed by atoms with E-state index in [9.17, 15) is 9.59 Å². The molecule has 1 aromatic carbocycles. The van der Waals surface area contributed by atoms with Gasteiger partial charge in [-0.3, -0.25) is 9.59 Å². The molecule has 142 valence electrons. The smallest absolute Gasteiger partial charge is 0.255 e. The molecule has 1 saturated carbocycles. The molecule has 2 fully saturated rings. The number of hydrogen-bond acceptors (Lipinski definition) is 2. The van der Waals surface area contributed by atoms with Crippen LogP contribution in [-0.4, -0.2) is 29.8 Å². The van der Waals surface area contributed by atoms with Gasteiger partial charge >= 0.3 is 0 Å². The molecule has 4 heteroatoms. The highest BCUT2D eigenvalue weighted by Crippen LogP contribution is 2.28. The second-order valence-corrected chi connectivity index (χ2v) is 7.84. The van der Waals surface area contributed by atoms with Crippen molar-refractivity contribution in [3.63, 3.8) is 0 Å². The number of anilines is 1. The Morgan fingerprint density at radius 1 is 0.962 bits per heavy atom. The number of hydrogen-bond donors (Lipinski definition) is 1. The first-order valence-corrected chi connectivity index (χ1v) is 10.4. The van der Waals surface area contributed by atoms with Crippen molar-refractivity contribution in [3.8, 4) is 0 Å². The minimum Gasteiger partial charge on any atom is -0.339 e. The highest BCUT2D eigenvalue weighted by Gasteiger charge is 2.21. The van der Waals surface area contributed by atoms with E-state index in [1.807, 2.05) is 29.2 Å². The average molecular weight is 357 g/mol. The van der Waals surface area contributed by atoms with Crippen LogP contribution in [0.15, 0.2) is 24.3 Å². The Morgan fingerprint density at radius 3 is 2.42 bits per heavy atom. The maximum absolute atomic E-state index is 12.8. The number of benzene rings is 1. The van der Waals surface area contributed by atoms with Crippen molar-refractivity contribution in [1.29, 1.82) is 0 Å². The van der Waals surface area contributed by atoms with Crippen LogP contribution in [0.25, 0.3) is 0 Å². The van der Waals surface area contributed by atoms with E-state index in [2.05, 4.69) is 5.32 Å².